The van der Waals surface area contributed by atoms with E-state index in [0.717, 1.165) is 17.2 Å². The van der Waals surface area contributed by atoms with E-state index < -0.39 is 23.6 Å². The van der Waals surface area contributed by atoms with Crippen LogP contribution in [0.3, 0.4) is 0 Å². The molecule has 21 heavy (non-hydrogen) atoms. The van der Waals surface area contributed by atoms with Crippen LogP contribution in [-0.2, 0) is 6.42 Å². The van der Waals surface area contributed by atoms with Gasteiger partial charge in [0.1, 0.15) is 0 Å². The van der Waals surface area contributed by atoms with Crippen LogP contribution in [-0.4, -0.2) is 11.9 Å². The third kappa shape index (κ3) is 2.40. The third-order valence-electron chi connectivity index (χ3n) is 3.76. The summed E-state index contributed by atoms with van der Waals surface area (Å²) in [5.74, 6) is -2.85. The van der Waals surface area contributed by atoms with Crippen molar-refractivity contribution in [1.82, 2.24) is 5.32 Å². The van der Waals surface area contributed by atoms with Crippen molar-refractivity contribution in [2.24, 2.45) is 5.73 Å². The molecule has 3 N–H and O–H groups in total. The van der Waals surface area contributed by atoms with Crippen molar-refractivity contribution in [3.05, 3.63) is 70.8 Å². The number of carbonyl (C=O) groups excluding carboxylic acids is 1. The van der Waals surface area contributed by atoms with Gasteiger partial charge in [0.2, 0.25) is 0 Å². The molecular weight excluding hydrogens is 274 g/mol. The Labute approximate surface area is 120 Å². The summed E-state index contributed by atoms with van der Waals surface area (Å²) in [6.45, 7) is 0. The zero-order valence-corrected chi connectivity index (χ0v) is 11.1. The average Bonchev–Trinajstić information content (AvgIpc) is 2.78. The van der Waals surface area contributed by atoms with E-state index in [1.165, 1.54) is 12.1 Å². The molecule has 0 saturated carbocycles. The number of hydrogen-bond acceptors (Lipinski definition) is 2. The first kappa shape index (κ1) is 13.7. The number of benzene rings is 2. The van der Waals surface area contributed by atoms with E-state index in [1.807, 2.05) is 24.3 Å². The molecule has 0 bridgehead atoms. The normalized spacial score (nSPS) is 20.1. The molecule has 5 heteroatoms. The van der Waals surface area contributed by atoms with Crippen LogP contribution in [0.25, 0.3) is 0 Å². The van der Waals surface area contributed by atoms with Crippen LogP contribution in [0, 0.1) is 11.6 Å². The number of carbonyl (C=O) groups is 1. The van der Waals surface area contributed by atoms with E-state index >= 15 is 0 Å². The minimum absolute atomic E-state index is 0.275. The standard InChI is InChI=1S/C16H14F2N2O/c17-12-7-3-6-11(14(12)18)16(21)20-15-10-5-2-1-4-9(10)8-13(15)19/h1-7,13,15H,8,19H2,(H,20,21). The lowest BCUT2D eigenvalue weighted by Crippen LogP contribution is -2.38. The van der Waals surface area contributed by atoms with Crippen LogP contribution < -0.4 is 11.1 Å². The molecule has 3 nitrogen and oxygen atoms in total. The van der Waals surface area contributed by atoms with Gasteiger partial charge >= 0.3 is 0 Å². The summed E-state index contributed by atoms with van der Waals surface area (Å²) < 4.78 is 26.8. The lowest BCUT2D eigenvalue weighted by atomic mass is 10.1. The Bertz CT molecular complexity index is 702. The number of nitrogens with two attached hydrogens (primary N) is 1. The van der Waals surface area contributed by atoms with Gasteiger partial charge < -0.3 is 11.1 Å². The third-order valence-corrected chi connectivity index (χ3v) is 3.76. The fourth-order valence-corrected chi connectivity index (χ4v) is 2.71. The van der Waals surface area contributed by atoms with Crippen molar-refractivity contribution in [3.8, 4) is 0 Å². The van der Waals surface area contributed by atoms with Gasteiger partial charge in [-0.2, -0.15) is 0 Å². The highest BCUT2D eigenvalue weighted by Gasteiger charge is 2.31. The number of rotatable bonds is 2. The van der Waals surface area contributed by atoms with Gasteiger partial charge in [-0.25, -0.2) is 8.78 Å². The molecule has 2 aromatic carbocycles. The summed E-state index contributed by atoms with van der Waals surface area (Å²) in [6.07, 6.45) is 0.646. The summed E-state index contributed by atoms with van der Waals surface area (Å²) in [6, 6.07) is 10.5. The topological polar surface area (TPSA) is 55.1 Å². The first-order chi connectivity index (χ1) is 10.1. The second-order valence-electron chi connectivity index (χ2n) is 5.12. The first-order valence-electron chi connectivity index (χ1n) is 6.66. The van der Waals surface area contributed by atoms with Crippen LogP contribution in [0.2, 0.25) is 0 Å². The molecule has 0 spiro atoms. The van der Waals surface area contributed by atoms with Gasteiger partial charge in [-0.15, -0.1) is 0 Å². The van der Waals surface area contributed by atoms with E-state index in [1.54, 1.807) is 0 Å². The Morgan fingerprint density at radius 3 is 2.71 bits per heavy atom. The molecule has 0 radical (unpaired) electrons. The van der Waals surface area contributed by atoms with Gasteiger partial charge in [0.05, 0.1) is 11.6 Å². The lowest BCUT2D eigenvalue weighted by molar-refractivity contribution is 0.0928. The van der Waals surface area contributed by atoms with Crippen molar-refractivity contribution < 1.29 is 13.6 Å². The Morgan fingerprint density at radius 1 is 1.14 bits per heavy atom. The number of halogens is 2. The van der Waals surface area contributed by atoms with Crippen LogP contribution in [0.4, 0.5) is 8.78 Å². The van der Waals surface area contributed by atoms with E-state index in [2.05, 4.69) is 5.32 Å². The van der Waals surface area contributed by atoms with Gasteiger partial charge in [-0.05, 0) is 29.7 Å². The Morgan fingerprint density at radius 2 is 1.90 bits per heavy atom. The maximum absolute atomic E-state index is 13.7. The zero-order valence-electron chi connectivity index (χ0n) is 11.1. The molecule has 0 saturated heterocycles. The molecular formula is C16H14F2N2O. The minimum Gasteiger partial charge on any atom is -0.344 e. The summed E-state index contributed by atoms with van der Waals surface area (Å²) in [5.41, 5.74) is 7.72. The Hall–Kier alpha value is -2.27. The molecule has 2 unspecified atom stereocenters. The molecule has 2 aromatic rings. The Kier molecular flexibility index (Phi) is 3.43. The SMILES string of the molecule is NC1Cc2ccccc2C1NC(=O)c1cccc(F)c1F. The first-order valence-corrected chi connectivity index (χ1v) is 6.66. The van der Waals surface area contributed by atoms with Crippen molar-refractivity contribution in [1.29, 1.82) is 0 Å². The molecule has 0 aromatic heterocycles. The van der Waals surface area contributed by atoms with Crippen molar-refractivity contribution >= 4 is 5.91 Å². The summed E-state index contributed by atoms with van der Waals surface area (Å²) in [4.78, 5) is 12.2. The highest BCUT2D eigenvalue weighted by atomic mass is 19.2. The zero-order chi connectivity index (χ0) is 15.0. The van der Waals surface area contributed by atoms with E-state index in [4.69, 9.17) is 5.73 Å². The quantitative estimate of drug-likeness (QED) is 0.891. The van der Waals surface area contributed by atoms with Gasteiger partial charge in [0.15, 0.2) is 11.6 Å². The van der Waals surface area contributed by atoms with E-state index in [9.17, 15) is 13.6 Å². The predicted octanol–water partition coefficient (Wildman–Crippen LogP) is 2.32. The van der Waals surface area contributed by atoms with Crippen LogP contribution in [0.1, 0.15) is 27.5 Å². The second-order valence-corrected chi connectivity index (χ2v) is 5.12. The number of hydrogen-bond donors (Lipinski definition) is 2. The largest absolute Gasteiger partial charge is 0.344 e. The molecule has 2 atom stereocenters. The van der Waals surface area contributed by atoms with Crippen LogP contribution in [0.15, 0.2) is 42.5 Å². The summed E-state index contributed by atoms with van der Waals surface area (Å²) >= 11 is 0. The molecule has 1 aliphatic rings. The van der Waals surface area contributed by atoms with Crippen molar-refractivity contribution in [2.45, 2.75) is 18.5 Å². The van der Waals surface area contributed by atoms with E-state index in [0.29, 0.717) is 6.42 Å². The monoisotopic (exact) mass is 288 g/mol. The van der Waals surface area contributed by atoms with Crippen LogP contribution in [0.5, 0.6) is 0 Å². The molecule has 0 heterocycles. The lowest BCUT2D eigenvalue weighted by Gasteiger charge is -2.19. The second kappa shape index (κ2) is 5.26. The fourth-order valence-electron chi connectivity index (χ4n) is 2.71. The summed E-state index contributed by atoms with van der Waals surface area (Å²) in [7, 11) is 0. The van der Waals surface area contributed by atoms with Gasteiger partial charge in [0, 0.05) is 6.04 Å². The minimum atomic E-state index is -1.14. The average molecular weight is 288 g/mol. The Balaban J connectivity index is 1.87. The van der Waals surface area contributed by atoms with Crippen LogP contribution >= 0.6 is 0 Å². The van der Waals surface area contributed by atoms with Crippen molar-refractivity contribution in [3.63, 3.8) is 0 Å². The molecule has 108 valence electrons. The van der Waals surface area contributed by atoms with Gasteiger partial charge in [-0.3, -0.25) is 4.79 Å². The number of fused-ring (bicyclic) bond motifs is 1. The van der Waals surface area contributed by atoms with Gasteiger partial charge in [0.25, 0.3) is 5.91 Å². The summed E-state index contributed by atoms with van der Waals surface area (Å²) in [5, 5.41) is 2.70. The molecule has 3 rings (SSSR count). The smallest absolute Gasteiger partial charge is 0.254 e. The van der Waals surface area contributed by atoms with Crippen molar-refractivity contribution in [2.75, 3.05) is 0 Å². The highest BCUT2D eigenvalue weighted by molar-refractivity contribution is 5.94. The molecule has 1 amide bonds. The number of amides is 1. The molecule has 0 aliphatic heterocycles. The highest BCUT2D eigenvalue weighted by Crippen LogP contribution is 2.30. The maximum Gasteiger partial charge on any atom is 0.254 e. The number of nitrogens with one attached hydrogen (secondary N) is 1. The van der Waals surface area contributed by atoms with E-state index in [-0.39, 0.29) is 11.6 Å². The molecule has 0 fully saturated rings. The predicted molar refractivity (Wildman–Crippen MR) is 74.7 cm³/mol. The van der Waals surface area contributed by atoms with Gasteiger partial charge in [-0.1, -0.05) is 30.3 Å². The molecule has 1 aliphatic carbocycles. The fraction of sp³-hybridized carbons (Fsp3) is 0.188. The maximum atomic E-state index is 13.7.